The van der Waals surface area contributed by atoms with Gasteiger partial charge in [0, 0.05) is 21.4 Å². The molecule has 1 N–H and O–H groups in total. The molecule has 6 nitrogen and oxygen atoms in total. The van der Waals surface area contributed by atoms with Crippen LogP contribution in [0.1, 0.15) is 38.7 Å². The summed E-state index contributed by atoms with van der Waals surface area (Å²) in [5.41, 5.74) is 3.58. The van der Waals surface area contributed by atoms with E-state index in [2.05, 4.69) is 21.2 Å². The number of ketones is 1. The molecule has 0 radical (unpaired) electrons. The zero-order valence-corrected chi connectivity index (χ0v) is 26.7. The maximum atomic E-state index is 15.0. The SMILES string of the molecule is O=C(OC(c1ccccc1)c1ccccc1)[C@H]1[C@H](C(=O)c2ccc(Br)cc2)[C@]2(C(=O)Nc3ccccc32)[C@H]2C=Cc3ccccc3N12. The smallest absolute Gasteiger partial charge is 0.330 e. The number of carbonyl (C=O) groups is 3. The lowest BCUT2D eigenvalue weighted by Crippen LogP contribution is -2.51. The molecule has 1 saturated heterocycles. The number of benzene rings is 5. The zero-order valence-electron chi connectivity index (χ0n) is 25.1. The summed E-state index contributed by atoms with van der Waals surface area (Å²) in [7, 11) is 0. The van der Waals surface area contributed by atoms with Gasteiger partial charge in [-0.1, -0.05) is 137 Å². The number of halogens is 1. The van der Waals surface area contributed by atoms with Crippen molar-refractivity contribution in [2.24, 2.45) is 5.92 Å². The number of nitrogens with one attached hydrogen (secondary N) is 1. The molecule has 8 rings (SSSR count). The van der Waals surface area contributed by atoms with E-state index in [4.69, 9.17) is 4.74 Å². The number of fused-ring (bicyclic) bond motifs is 6. The minimum atomic E-state index is -1.41. The van der Waals surface area contributed by atoms with Crippen molar-refractivity contribution < 1.29 is 19.1 Å². The van der Waals surface area contributed by atoms with E-state index in [-0.39, 0.29) is 11.7 Å². The zero-order chi connectivity index (χ0) is 32.1. The maximum Gasteiger partial charge on any atom is 0.330 e. The van der Waals surface area contributed by atoms with E-state index in [0.717, 1.165) is 26.9 Å². The van der Waals surface area contributed by atoms with Crippen molar-refractivity contribution in [3.8, 4) is 0 Å². The number of carbonyl (C=O) groups excluding carboxylic acids is 3. The van der Waals surface area contributed by atoms with Gasteiger partial charge in [0.15, 0.2) is 11.9 Å². The molecule has 0 aliphatic carbocycles. The van der Waals surface area contributed by atoms with Gasteiger partial charge >= 0.3 is 5.97 Å². The normalized spacial score (nSPS) is 22.0. The van der Waals surface area contributed by atoms with Crippen molar-refractivity contribution in [2.45, 2.75) is 23.6 Å². The van der Waals surface area contributed by atoms with Crippen LogP contribution in [0.2, 0.25) is 0 Å². The molecule has 7 heteroatoms. The summed E-state index contributed by atoms with van der Waals surface area (Å²) in [5.74, 6) is -2.32. The molecule has 230 valence electrons. The highest BCUT2D eigenvalue weighted by Crippen LogP contribution is 2.58. The molecular weight excluding hydrogens is 652 g/mol. The number of nitrogens with zero attached hydrogens (tertiary/aromatic N) is 1. The van der Waals surface area contributed by atoms with E-state index in [1.54, 1.807) is 24.3 Å². The van der Waals surface area contributed by atoms with Gasteiger partial charge in [-0.25, -0.2) is 4.79 Å². The highest BCUT2D eigenvalue weighted by Gasteiger charge is 2.71. The molecule has 4 atom stereocenters. The van der Waals surface area contributed by atoms with Crippen LogP contribution in [0.15, 0.2) is 144 Å². The van der Waals surface area contributed by atoms with Crippen LogP contribution in [0, 0.1) is 5.92 Å². The van der Waals surface area contributed by atoms with E-state index < -0.39 is 35.5 Å². The molecule has 47 heavy (non-hydrogen) atoms. The second-order valence-electron chi connectivity index (χ2n) is 12.1. The number of esters is 1. The second kappa shape index (κ2) is 11.5. The van der Waals surface area contributed by atoms with Gasteiger partial charge in [-0.05, 0) is 46.5 Å². The highest BCUT2D eigenvalue weighted by atomic mass is 79.9. The Morgan fingerprint density at radius 1 is 0.766 bits per heavy atom. The summed E-state index contributed by atoms with van der Waals surface area (Å²) in [6.07, 6.45) is 3.21. The third-order valence-corrected chi connectivity index (χ3v) is 10.2. The average Bonchev–Trinajstić information content (AvgIpc) is 3.60. The molecule has 0 saturated carbocycles. The third-order valence-electron chi connectivity index (χ3n) is 9.63. The van der Waals surface area contributed by atoms with E-state index in [9.17, 15) is 4.79 Å². The summed E-state index contributed by atoms with van der Waals surface area (Å²) in [4.78, 5) is 46.6. The fourth-order valence-corrected chi connectivity index (χ4v) is 7.92. The van der Waals surface area contributed by atoms with Crippen LogP contribution >= 0.6 is 15.9 Å². The quantitative estimate of drug-likeness (QED) is 0.147. The number of Topliss-reactive ketones (excluding diaryl/α,β-unsaturated/α-hetero) is 1. The van der Waals surface area contributed by atoms with E-state index in [1.165, 1.54) is 0 Å². The van der Waals surface area contributed by atoms with Gasteiger partial charge in [0.1, 0.15) is 11.5 Å². The Kier molecular flexibility index (Phi) is 7.14. The number of ether oxygens (including phenoxy) is 1. The van der Waals surface area contributed by atoms with Crippen LogP contribution in [0.5, 0.6) is 0 Å². The lowest BCUT2D eigenvalue weighted by atomic mass is 9.64. The number of hydrogen-bond acceptors (Lipinski definition) is 5. The first-order chi connectivity index (χ1) is 23.0. The summed E-state index contributed by atoms with van der Waals surface area (Å²) in [5, 5.41) is 3.07. The number of amides is 1. The third kappa shape index (κ3) is 4.56. The van der Waals surface area contributed by atoms with Crippen LogP contribution in [-0.2, 0) is 19.7 Å². The van der Waals surface area contributed by atoms with Crippen molar-refractivity contribution in [2.75, 3.05) is 10.2 Å². The van der Waals surface area contributed by atoms with E-state index >= 15 is 9.59 Å². The van der Waals surface area contributed by atoms with Gasteiger partial charge in [-0.15, -0.1) is 0 Å². The highest BCUT2D eigenvalue weighted by molar-refractivity contribution is 9.10. The molecule has 0 bridgehead atoms. The number of rotatable bonds is 6. The van der Waals surface area contributed by atoms with Crippen LogP contribution in [0.4, 0.5) is 11.4 Å². The van der Waals surface area contributed by atoms with Crippen molar-refractivity contribution in [3.63, 3.8) is 0 Å². The van der Waals surface area contributed by atoms with E-state index in [1.807, 2.05) is 126 Å². The minimum absolute atomic E-state index is 0.303. The van der Waals surface area contributed by atoms with Gasteiger partial charge in [-0.3, -0.25) is 9.59 Å². The first-order valence-corrected chi connectivity index (χ1v) is 16.3. The molecule has 1 fully saturated rings. The Balaban J connectivity index is 1.35. The van der Waals surface area contributed by atoms with E-state index in [0.29, 0.717) is 16.8 Å². The standard InChI is InChI=1S/C40H29BrN2O4/c41-29-22-19-26(20-23-29)36(44)34-35(38(45)47-37(27-12-3-1-4-13-27)28-14-5-2-6-15-28)43-32-18-10-7-11-25(32)21-24-33(43)40(34)30-16-8-9-17-31(30)42-39(40)46/h1-24,33-35,37H,(H,42,46)/t33-,34-,35-,40-/m1/s1. The Bertz CT molecular complexity index is 2010. The number of para-hydroxylation sites is 2. The second-order valence-corrected chi connectivity index (χ2v) is 13.0. The molecule has 1 amide bonds. The Morgan fingerprint density at radius 2 is 1.38 bits per heavy atom. The fraction of sp³-hybridized carbons (Fsp3) is 0.125. The lowest BCUT2D eigenvalue weighted by molar-refractivity contribution is -0.150. The van der Waals surface area contributed by atoms with Crippen LogP contribution in [0.3, 0.4) is 0 Å². The summed E-state index contributed by atoms with van der Waals surface area (Å²) in [6.45, 7) is 0. The topological polar surface area (TPSA) is 75.7 Å². The molecule has 3 aliphatic rings. The van der Waals surface area contributed by atoms with Crippen molar-refractivity contribution in [3.05, 3.63) is 172 Å². The molecule has 0 unspecified atom stereocenters. The molecular formula is C40H29BrN2O4. The Morgan fingerprint density at radius 3 is 2.09 bits per heavy atom. The number of anilines is 2. The first-order valence-electron chi connectivity index (χ1n) is 15.5. The summed E-state index contributed by atoms with van der Waals surface area (Å²) < 4.78 is 7.35. The summed E-state index contributed by atoms with van der Waals surface area (Å²) >= 11 is 3.48. The molecule has 5 aromatic carbocycles. The first kappa shape index (κ1) is 29.2. The lowest BCUT2D eigenvalue weighted by Gasteiger charge is -2.37. The van der Waals surface area contributed by atoms with Crippen molar-refractivity contribution >= 4 is 51.0 Å². The molecule has 0 aromatic heterocycles. The summed E-state index contributed by atoms with van der Waals surface area (Å²) in [6, 6.07) is 39.7. The van der Waals surface area contributed by atoms with Gasteiger partial charge in [0.2, 0.25) is 5.91 Å². The van der Waals surface area contributed by atoms with Crippen molar-refractivity contribution in [1.82, 2.24) is 0 Å². The molecule has 3 heterocycles. The van der Waals surface area contributed by atoms with Gasteiger partial charge in [0.05, 0.1) is 12.0 Å². The molecule has 5 aromatic rings. The van der Waals surface area contributed by atoms with Gasteiger partial charge in [-0.2, -0.15) is 0 Å². The average molecular weight is 682 g/mol. The fourth-order valence-electron chi connectivity index (χ4n) is 7.66. The van der Waals surface area contributed by atoms with Crippen molar-refractivity contribution in [1.29, 1.82) is 0 Å². The Hall–Kier alpha value is -5.27. The predicted octanol–water partition coefficient (Wildman–Crippen LogP) is 7.76. The van der Waals surface area contributed by atoms with Crippen LogP contribution in [-0.4, -0.2) is 29.7 Å². The van der Waals surface area contributed by atoms with Gasteiger partial charge < -0.3 is 15.0 Å². The minimum Gasteiger partial charge on any atom is -0.451 e. The predicted molar refractivity (Wildman–Crippen MR) is 185 cm³/mol. The number of hydrogen-bond donors (Lipinski definition) is 1. The largest absolute Gasteiger partial charge is 0.451 e. The van der Waals surface area contributed by atoms with Gasteiger partial charge in [0.25, 0.3) is 0 Å². The maximum absolute atomic E-state index is 15.0. The monoisotopic (exact) mass is 680 g/mol. The van der Waals surface area contributed by atoms with Crippen LogP contribution < -0.4 is 10.2 Å². The molecule has 3 aliphatic heterocycles. The molecule has 1 spiro atoms. The van der Waals surface area contributed by atoms with Crippen LogP contribution in [0.25, 0.3) is 6.08 Å². The Labute approximate surface area is 280 Å².